The molecule has 7 heteroatoms. The largest absolute Gasteiger partial charge is 0.329 e. The van der Waals surface area contributed by atoms with E-state index in [-0.39, 0.29) is 22.0 Å². The molecule has 0 saturated carbocycles. The van der Waals surface area contributed by atoms with Gasteiger partial charge in [0.25, 0.3) is 0 Å². The van der Waals surface area contributed by atoms with Crippen LogP contribution in [0, 0.1) is 11.6 Å². The van der Waals surface area contributed by atoms with Gasteiger partial charge in [-0.1, -0.05) is 17.7 Å². The Morgan fingerprint density at radius 1 is 1.10 bits per heavy atom. The fraction of sp³-hybridized carbons (Fsp3) is 0.143. The van der Waals surface area contributed by atoms with Gasteiger partial charge in [0, 0.05) is 17.1 Å². The number of hydrogen-bond acceptors (Lipinski definition) is 3. The second kappa shape index (κ2) is 6.09. The van der Waals surface area contributed by atoms with Crippen molar-refractivity contribution in [1.29, 1.82) is 0 Å². The number of sulfone groups is 1. The van der Waals surface area contributed by atoms with E-state index in [4.69, 9.17) is 17.3 Å². The van der Waals surface area contributed by atoms with Crippen LogP contribution < -0.4 is 5.73 Å². The Bertz CT molecular complexity index is 728. The first-order chi connectivity index (χ1) is 9.87. The van der Waals surface area contributed by atoms with Crippen LogP contribution in [0.15, 0.2) is 47.4 Å². The van der Waals surface area contributed by atoms with Crippen LogP contribution in [0.5, 0.6) is 0 Å². The van der Waals surface area contributed by atoms with Gasteiger partial charge in [-0.25, -0.2) is 17.2 Å². The van der Waals surface area contributed by atoms with Gasteiger partial charge in [-0.15, -0.1) is 0 Å². The van der Waals surface area contributed by atoms with E-state index in [2.05, 4.69) is 0 Å². The van der Waals surface area contributed by atoms with Crippen LogP contribution in [0.2, 0.25) is 5.02 Å². The molecule has 0 bridgehead atoms. The molecule has 2 rings (SSSR count). The summed E-state index contributed by atoms with van der Waals surface area (Å²) in [5.74, 6) is -1.31. The summed E-state index contributed by atoms with van der Waals surface area (Å²) in [5.41, 5.74) is 5.34. The summed E-state index contributed by atoms with van der Waals surface area (Å²) in [5, 5.41) is -1.35. The lowest BCUT2D eigenvalue weighted by atomic mass is 10.1. The van der Waals surface area contributed by atoms with Crippen molar-refractivity contribution >= 4 is 21.4 Å². The minimum absolute atomic E-state index is 0.0175. The van der Waals surface area contributed by atoms with Crippen molar-refractivity contribution in [2.75, 3.05) is 6.54 Å². The van der Waals surface area contributed by atoms with Crippen molar-refractivity contribution in [3.63, 3.8) is 0 Å². The van der Waals surface area contributed by atoms with Crippen LogP contribution in [0.3, 0.4) is 0 Å². The molecule has 2 N–H and O–H groups in total. The predicted molar refractivity (Wildman–Crippen MR) is 76.8 cm³/mol. The molecular formula is C14H12ClF2NO2S. The molecule has 21 heavy (non-hydrogen) atoms. The summed E-state index contributed by atoms with van der Waals surface area (Å²) in [6, 6.07) is 8.14. The van der Waals surface area contributed by atoms with Gasteiger partial charge in [0.2, 0.25) is 0 Å². The molecule has 3 nitrogen and oxygen atoms in total. The Morgan fingerprint density at radius 2 is 1.71 bits per heavy atom. The van der Waals surface area contributed by atoms with Gasteiger partial charge in [-0.3, -0.25) is 0 Å². The van der Waals surface area contributed by atoms with Gasteiger partial charge in [-0.05, 0) is 36.4 Å². The molecule has 0 saturated heterocycles. The number of nitrogens with two attached hydrogens (primary N) is 1. The topological polar surface area (TPSA) is 60.2 Å². The zero-order chi connectivity index (χ0) is 15.6. The van der Waals surface area contributed by atoms with Crippen LogP contribution >= 0.6 is 11.6 Å². The Morgan fingerprint density at radius 3 is 2.24 bits per heavy atom. The molecule has 0 radical (unpaired) electrons. The Labute approximate surface area is 126 Å². The normalized spacial score (nSPS) is 13.1. The summed E-state index contributed by atoms with van der Waals surface area (Å²) in [6.45, 7) is -0.347. The van der Waals surface area contributed by atoms with Gasteiger partial charge in [0.1, 0.15) is 16.9 Å². The van der Waals surface area contributed by atoms with Gasteiger partial charge >= 0.3 is 0 Å². The van der Waals surface area contributed by atoms with Gasteiger partial charge in [0.05, 0.1) is 4.90 Å². The summed E-state index contributed by atoms with van der Waals surface area (Å²) in [4.78, 5) is -0.140. The zero-order valence-corrected chi connectivity index (χ0v) is 12.3. The van der Waals surface area contributed by atoms with Crippen LogP contribution in [-0.4, -0.2) is 15.0 Å². The SMILES string of the molecule is NC[C@@H](c1c(F)cccc1Cl)S(=O)(=O)c1ccc(F)cc1. The molecule has 2 aromatic rings. The van der Waals surface area contributed by atoms with E-state index in [0.29, 0.717) is 0 Å². The smallest absolute Gasteiger partial charge is 0.186 e. The van der Waals surface area contributed by atoms with E-state index in [1.54, 1.807) is 0 Å². The maximum atomic E-state index is 13.9. The highest BCUT2D eigenvalue weighted by Gasteiger charge is 2.31. The summed E-state index contributed by atoms with van der Waals surface area (Å²) >= 11 is 5.90. The van der Waals surface area contributed by atoms with E-state index >= 15 is 0 Å². The van der Waals surface area contributed by atoms with Crippen LogP contribution in [0.1, 0.15) is 10.8 Å². The molecule has 0 amide bonds. The number of benzene rings is 2. The first kappa shape index (κ1) is 15.9. The fourth-order valence-corrected chi connectivity index (χ4v) is 4.01. The summed E-state index contributed by atoms with van der Waals surface area (Å²) in [7, 11) is -3.98. The second-order valence-electron chi connectivity index (χ2n) is 4.36. The second-order valence-corrected chi connectivity index (χ2v) is 6.90. The molecular weight excluding hydrogens is 320 g/mol. The predicted octanol–water partition coefficient (Wildman–Crippen LogP) is 3.09. The zero-order valence-electron chi connectivity index (χ0n) is 10.8. The molecule has 1 atom stereocenters. The lowest BCUT2D eigenvalue weighted by Gasteiger charge is -2.18. The van der Waals surface area contributed by atoms with Gasteiger partial charge < -0.3 is 5.73 Å². The number of halogens is 3. The van der Waals surface area contributed by atoms with Crippen LogP contribution in [0.25, 0.3) is 0 Å². The first-order valence-corrected chi connectivity index (χ1v) is 7.93. The average Bonchev–Trinajstić information content (AvgIpc) is 2.43. The highest BCUT2D eigenvalue weighted by molar-refractivity contribution is 7.91. The molecule has 0 spiro atoms. The standard InChI is InChI=1S/C14H12ClF2NO2S/c15-11-2-1-3-12(17)14(11)13(8-18)21(19,20)10-6-4-9(16)5-7-10/h1-7,13H,8,18H2/t13-/m0/s1. The van der Waals surface area contributed by atoms with Crippen molar-refractivity contribution < 1.29 is 17.2 Å². The third-order valence-corrected chi connectivity index (χ3v) is 5.49. The monoisotopic (exact) mass is 331 g/mol. The Kier molecular flexibility index (Phi) is 4.61. The maximum absolute atomic E-state index is 13.9. The third kappa shape index (κ3) is 3.07. The molecule has 112 valence electrons. The molecule has 0 aliphatic rings. The molecule has 2 aromatic carbocycles. The van der Waals surface area contributed by atoms with Crippen molar-refractivity contribution in [2.24, 2.45) is 5.73 Å². The molecule has 0 aromatic heterocycles. The average molecular weight is 332 g/mol. The minimum Gasteiger partial charge on any atom is -0.329 e. The molecule has 0 fully saturated rings. The highest BCUT2D eigenvalue weighted by atomic mass is 35.5. The number of hydrogen-bond donors (Lipinski definition) is 1. The van der Waals surface area contributed by atoms with Crippen LogP contribution in [0.4, 0.5) is 8.78 Å². The molecule has 0 unspecified atom stereocenters. The van der Waals surface area contributed by atoms with Crippen molar-refractivity contribution in [3.05, 3.63) is 64.7 Å². The molecule has 0 heterocycles. The van der Waals surface area contributed by atoms with Crippen molar-refractivity contribution in [3.8, 4) is 0 Å². The van der Waals surface area contributed by atoms with E-state index in [9.17, 15) is 17.2 Å². The molecule has 0 aliphatic heterocycles. The van der Waals surface area contributed by atoms with E-state index < -0.39 is 26.7 Å². The summed E-state index contributed by atoms with van der Waals surface area (Å²) < 4.78 is 51.9. The summed E-state index contributed by atoms with van der Waals surface area (Å²) in [6.07, 6.45) is 0. The Balaban J connectivity index is 2.57. The highest BCUT2D eigenvalue weighted by Crippen LogP contribution is 2.34. The third-order valence-electron chi connectivity index (χ3n) is 3.05. The van der Waals surface area contributed by atoms with Gasteiger partial charge in [-0.2, -0.15) is 0 Å². The minimum atomic E-state index is -3.98. The lowest BCUT2D eigenvalue weighted by Crippen LogP contribution is -2.23. The first-order valence-electron chi connectivity index (χ1n) is 6.01. The van der Waals surface area contributed by atoms with Crippen molar-refractivity contribution in [2.45, 2.75) is 10.1 Å². The lowest BCUT2D eigenvalue weighted by molar-refractivity contribution is 0.568. The van der Waals surface area contributed by atoms with Gasteiger partial charge in [0.15, 0.2) is 9.84 Å². The Hall–Kier alpha value is -1.50. The van der Waals surface area contributed by atoms with E-state index in [1.165, 1.54) is 12.1 Å². The van der Waals surface area contributed by atoms with Crippen molar-refractivity contribution in [1.82, 2.24) is 0 Å². The molecule has 0 aliphatic carbocycles. The van der Waals surface area contributed by atoms with Crippen LogP contribution in [-0.2, 0) is 9.84 Å². The fourth-order valence-electron chi connectivity index (χ4n) is 2.01. The maximum Gasteiger partial charge on any atom is 0.186 e. The van der Waals surface area contributed by atoms with E-state index in [1.807, 2.05) is 0 Å². The van der Waals surface area contributed by atoms with E-state index in [0.717, 1.165) is 30.3 Å². The number of rotatable bonds is 4. The quantitative estimate of drug-likeness (QED) is 0.876.